The molecule has 0 unspecified atom stereocenters. The number of alkyl halides is 2. The molecular formula is C13H15F2N5O2S. The van der Waals surface area contributed by atoms with Crippen LogP contribution in [0.1, 0.15) is 24.4 Å². The molecule has 3 heterocycles. The highest BCUT2D eigenvalue weighted by Gasteiger charge is 2.33. The Labute approximate surface area is 131 Å². The molecular weight excluding hydrogens is 328 g/mol. The summed E-state index contributed by atoms with van der Waals surface area (Å²) in [5.74, 6) is 0. The minimum absolute atomic E-state index is 0.0225. The van der Waals surface area contributed by atoms with Gasteiger partial charge in [0.15, 0.2) is 0 Å². The minimum Gasteiger partial charge on any atom is -0.397 e. The fourth-order valence-corrected chi connectivity index (χ4v) is 4.28. The Bertz CT molecular complexity index is 850. The van der Waals surface area contributed by atoms with E-state index in [1.807, 2.05) is 0 Å². The van der Waals surface area contributed by atoms with Crippen molar-refractivity contribution in [3.8, 4) is 0 Å². The van der Waals surface area contributed by atoms with Crippen LogP contribution in [-0.4, -0.2) is 29.7 Å². The van der Waals surface area contributed by atoms with Gasteiger partial charge in [-0.15, -0.1) is 0 Å². The number of pyridine rings is 1. The number of rotatable bonds is 3. The average molecular weight is 343 g/mol. The number of hydrogen-bond donors (Lipinski definition) is 1. The minimum atomic E-state index is -4.01. The number of nitrogens with zero attached hydrogens (tertiary/aromatic N) is 4. The van der Waals surface area contributed by atoms with E-state index in [2.05, 4.69) is 10.1 Å². The van der Waals surface area contributed by atoms with Gasteiger partial charge in [0.2, 0.25) is 0 Å². The summed E-state index contributed by atoms with van der Waals surface area (Å²) < 4.78 is 52.8. The Balaban J connectivity index is 2.10. The SMILES string of the molecule is Cc1nn(C(F)F)cc1S(=O)(=O)N1CCCc2ncc(N)cc21. The molecule has 0 bridgehead atoms. The normalized spacial score (nSPS) is 15.0. The average Bonchev–Trinajstić information content (AvgIpc) is 2.89. The number of nitrogens with two attached hydrogens (primary N) is 1. The van der Waals surface area contributed by atoms with Crippen LogP contribution in [0.2, 0.25) is 0 Å². The van der Waals surface area contributed by atoms with E-state index < -0.39 is 16.6 Å². The summed E-state index contributed by atoms with van der Waals surface area (Å²) in [6, 6.07) is 1.53. The summed E-state index contributed by atoms with van der Waals surface area (Å²) in [5, 5.41) is 3.57. The van der Waals surface area contributed by atoms with E-state index in [0.29, 0.717) is 34.6 Å². The molecule has 1 aliphatic heterocycles. The molecule has 0 saturated carbocycles. The zero-order valence-corrected chi connectivity index (χ0v) is 13.1. The lowest BCUT2D eigenvalue weighted by atomic mass is 10.1. The van der Waals surface area contributed by atoms with Crippen LogP contribution < -0.4 is 10.0 Å². The number of anilines is 2. The third kappa shape index (κ3) is 2.62. The first-order valence-corrected chi connectivity index (χ1v) is 8.36. The van der Waals surface area contributed by atoms with Gasteiger partial charge in [-0.05, 0) is 25.8 Å². The molecule has 10 heteroatoms. The summed E-state index contributed by atoms with van der Waals surface area (Å²) in [6.45, 7) is -1.28. The topological polar surface area (TPSA) is 94.1 Å². The van der Waals surface area contributed by atoms with Gasteiger partial charge >= 0.3 is 6.55 Å². The second-order valence-corrected chi connectivity index (χ2v) is 7.08. The molecule has 0 fully saturated rings. The lowest BCUT2D eigenvalue weighted by Crippen LogP contribution is -2.36. The third-order valence-electron chi connectivity index (χ3n) is 3.65. The molecule has 23 heavy (non-hydrogen) atoms. The molecule has 1 aliphatic rings. The molecule has 3 rings (SSSR count). The lowest BCUT2D eigenvalue weighted by molar-refractivity contribution is 0.0561. The molecule has 0 spiro atoms. The van der Waals surface area contributed by atoms with Crippen molar-refractivity contribution in [2.45, 2.75) is 31.2 Å². The maximum Gasteiger partial charge on any atom is 0.333 e. The Kier molecular flexibility index (Phi) is 3.71. The fourth-order valence-electron chi connectivity index (χ4n) is 2.60. The van der Waals surface area contributed by atoms with Gasteiger partial charge < -0.3 is 5.73 Å². The van der Waals surface area contributed by atoms with Gasteiger partial charge in [0.25, 0.3) is 10.0 Å². The van der Waals surface area contributed by atoms with E-state index in [-0.39, 0.29) is 17.1 Å². The molecule has 0 amide bonds. The maximum atomic E-state index is 12.9. The van der Waals surface area contributed by atoms with Gasteiger partial charge in [0.05, 0.1) is 35.2 Å². The highest BCUT2D eigenvalue weighted by molar-refractivity contribution is 7.92. The van der Waals surface area contributed by atoms with Gasteiger partial charge in [-0.25, -0.2) is 13.1 Å². The van der Waals surface area contributed by atoms with E-state index in [9.17, 15) is 17.2 Å². The van der Waals surface area contributed by atoms with Crippen LogP contribution in [0.25, 0.3) is 0 Å². The first kappa shape index (κ1) is 15.7. The number of halogens is 2. The Morgan fingerprint density at radius 3 is 2.78 bits per heavy atom. The monoisotopic (exact) mass is 343 g/mol. The smallest absolute Gasteiger partial charge is 0.333 e. The molecule has 7 nitrogen and oxygen atoms in total. The second-order valence-electron chi connectivity index (χ2n) is 5.25. The quantitative estimate of drug-likeness (QED) is 0.915. The molecule has 2 aromatic rings. The zero-order valence-electron chi connectivity index (χ0n) is 12.3. The maximum absolute atomic E-state index is 12.9. The first-order chi connectivity index (χ1) is 10.8. The number of hydrogen-bond acceptors (Lipinski definition) is 5. The lowest BCUT2D eigenvalue weighted by Gasteiger charge is -2.29. The van der Waals surface area contributed by atoms with E-state index in [4.69, 9.17) is 5.73 Å². The second kappa shape index (κ2) is 5.44. The Morgan fingerprint density at radius 1 is 1.39 bits per heavy atom. The van der Waals surface area contributed by atoms with Crippen LogP contribution in [0.3, 0.4) is 0 Å². The number of sulfonamides is 1. The van der Waals surface area contributed by atoms with Gasteiger partial charge in [0.1, 0.15) is 4.90 Å². The van der Waals surface area contributed by atoms with E-state index in [1.165, 1.54) is 19.2 Å². The Morgan fingerprint density at radius 2 is 2.13 bits per heavy atom. The third-order valence-corrected chi connectivity index (χ3v) is 5.57. The molecule has 124 valence electrons. The van der Waals surface area contributed by atoms with Crippen molar-refractivity contribution in [3.05, 3.63) is 29.8 Å². The van der Waals surface area contributed by atoms with Crippen molar-refractivity contribution in [2.75, 3.05) is 16.6 Å². The standard InChI is InChI=1S/C13H15F2N5O2S/c1-8-12(7-19(18-8)13(14)15)23(21,22)20-4-2-3-10-11(20)5-9(16)6-17-10/h5-7,13H,2-4,16H2,1H3. The highest BCUT2D eigenvalue weighted by atomic mass is 32.2. The fraction of sp³-hybridized carbons (Fsp3) is 0.385. The molecule has 0 radical (unpaired) electrons. The van der Waals surface area contributed by atoms with Crippen molar-refractivity contribution in [3.63, 3.8) is 0 Å². The van der Waals surface area contributed by atoms with Crippen LogP contribution in [0.15, 0.2) is 23.4 Å². The summed E-state index contributed by atoms with van der Waals surface area (Å²) in [7, 11) is -4.01. The van der Waals surface area contributed by atoms with Crippen molar-refractivity contribution in [1.82, 2.24) is 14.8 Å². The van der Waals surface area contributed by atoms with Crippen LogP contribution in [0.4, 0.5) is 20.2 Å². The number of fused-ring (bicyclic) bond motifs is 1. The first-order valence-electron chi connectivity index (χ1n) is 6.92. The van der Waals surface area contributed by atoms with Crippen molar-refractivity contribution < 1.29 is 17.2 Å². The summed E-state index contributed by atoms with van der Waals surface area (Å²) in [4.78, 5) is 3.92. The zero-order chi connectivity index (χ0) is 16.8. The van der Waals surface area contributed by atoms with Crippen LogP contribution in [-0.2, 0) is 16.4 Å². The molecule has 0 saturated heterocycles. The van der Waals surface area contributed by atoms with E-state index >= 15 is 0 Å². The number of aryl methyl sites for hydroxylation is 2. The van der Waals surface area contributed by atoms with Crippen molar-refractivity contribution in [1.29, 1.82) is 0 Å². The van der Waals surface area contributed by atoms with Gasteiger partial charge in [-0.1, -0.05) is 0 Å². The molecule has 0 atom stereocenters. The van der Waals surface area contributed by atoms with E-state index in [1.54, 1.807) is 0 Å². The van der Waals surface area contributed by atoms with Gasteiger partial charge in [-0.2, -0.15) is 13.9 Å². The van der Waals surface area contributed by atoms with Crippen molar-refractivity contribution in [2.24, 2.45) is 0 Å². The van der Waals surface area contributed by atoms with Crippen LogP contribution >= 0.6 is 0 Å². The number of nitrogen functional groups attached to an aromatic ring is 1. The molecule has 0 aliphatic carbocycles. The summed E-state index contributed by atoms with van der Waals surface area (Å²) in [5.41, 5.74) is 7.07. The molecule has 2 aromatic heterocycles. The Hall–Kier alpha value is -2.23. The summed E-state index contributed by atoms with van der Waals surface area (Å²) in [6.07, 6.45) is 3.54. The predicted octanol–water partition coefficient (Wildman–Crippen LogP) is 1.71. The predicted molar refractivity (Wildman–Crippen MR) is 79.7 cm³/mol. The van der Waals surface area contributed by atoms with Crippen LogP contribution in [0.5, 0.6) is 0 Å². The molecule has 2 N–H and O–H groups in total. The van der Waals surface area contributed by atoms with Crippen LogP contribution in [0, 0.1) is 6.92 Å². The molecule has 0 aromatic carbocycles. The van der Waals surface area contributed by atoms with E-state index in [0.717, 1.165) is 10.5 Å². The largest absolute Gasteiger partial charge is 0.397 e. The van der Waals surface area contributed by atoms with Gasteiger partial charge in [0, 0.05) is 6.54 Å². The number of aromatic nitrogens is 3. The van der Waals surface area contributed by atoms with Crippen molar-refractivity contribution >= 4 is 21.4 Å². The summed E-state index contributed by atoms with van der Waals surface area (Å²) >= 11 is 0. The highest BCUT2D eigenvalue weighted by Crippen LogP contribution is 2.33. The van der Waals surface area contributed by atoms with Gasteiger partial charge in [-0.3, -0.25) is 9.29 Å².